The van der Waals surface area contributed by atoms with Crippen molar-refractivity contribution in [2.24, 2.45) is 0 Å². The van der Waals surface area contributed by atoms with Gasteiger partial charge in [0.05, 0.1) is 0 Å². The van der Waals surface area contributed by atoms with Crippen molar-refractivity contribution in [3.63, 3.8) is 0 Å². The van der Waals surface area contributed by atoms with E-state index >= 15 is 0 Å². The first kappa shape index (κ1) is 12.5. The van der Waals surface area contributed by atoms with Crippen LogP contribution >= 0.6 is 0 Å². The number of carbonyl (C=O) groups is 3. The van der Waals surface area contributed by atoms with Crippen molar-refractivity contribution in [2.45, 2.75) is 19.3 Å². The van der Waals surface area contributed by atoms with E-state index in [2.05, 4.69) is 0 Å². The standard InChI is InChI=1S/C10H16N2O4/c13-8-2-1-4-11-6-7-12(10(15)16)5-3-9(11)14/h8H,1-7H2,(H,15,16). The summed E-state index contributed by atoms with van der Waals surface area (Å²) in [6.07, 6.45) is 1.15. The normalized spacial score (nSPS) is 17.1. The summed E-state index contributed by atoms with van der Waals surface area (Å²) in [6.45, 7) is 1.57. The van der Waals surface area contributed by atoms with E-state index in [-0.39, 0.29) is 18.9 Å². The Morgan fingerprint density at radius 2 is 2.12 bits per heavy atom. The molecule has 0 atom stereocenters. The highest BCUT2D eigenvalue weighted by Gasteiger charge is 2.22. The Labute approximate surface area is 93.8 Å². The molecule has 1 N–H and O–H groups in total. The summed E-state index contributed by atoms with van der Waals surface area (Å²) in [7, 11) is 0. The number of rotatable bonds is 4. The van der Waals surface area contributed by atoms with Gasteiger partial charge in [-0.3, -0.25) is 4.79 Å². The van der Waals surface area contributed by atoms with Crippen molar-refractivity contribution in [1.82, 2.24) is 9.80 Å². The average Bonchev–Trinajstić information content (AvgIpc) is 2.42. The van der Waals surface area contributed by atoms with Crippen LogP contribution in [0.3, 0.4) is 0 Å². The summed E-state index contributed by atoms with van der Waals surface area (Å²) in [6, 6.07) is 0. The van der Waals surface area contributed by atoms with E-state index in [4.69, 9.17) is 5.11 Å². The molecule has 16 heavy (non-hydrogen) atoms. The minimum absolute atomic E-state index is 0.0327. The van der Waals surface area contributed by atoms with Crippen LogP contribution < -0.4 is 0 Å². The number of carboxylic acid groups (broad SMARTS) is 1. The van der Waals surface area contributed by atoms with Crippen molar-refractivity contribution in [3.8, 4) is 0 Å². The number of hydrogen-bond donors (Lipinski definition) is 1. The third kappa shape index (κ3) is 3.52. The lowest BCUT2D eigenvalue weighted by Gasteiger charge is -2.20. The first-order valence-electron chi connectivity index (χ1n) is 5.34. The van der Waals surface area contributed by atoms with Crippen LogP contribution in [0.4, 0.5) is 4.79 Å². The van der Waals surface area contributed by atoms with Crippen molar-refractivity contribution in [2.75, 3.05) is 26.2 Å². The minimum Gasteiger partial charge on any atom is -0.465 e. The smallest absolute Gasteiger partial charge is 0.407 e. The maximum atomic E-state index is 11.6. The first-order chi connectivity index (χ1) is 7.65. The highest BCUT2D eigenvalue weighted by molar-refractivity contribution is 5.77. The molecule has 1 rings (SSSR count). The van der Waals surface area contributed by atoms with Crippen molar-refractivity contribution >= 4 is 18.3 Å². The topological polar surface area (TPSA) is 77.9 Å². The number of amides is 2. The number of hydrogen-bond acceptors (Lipinski definition) is 3. The van der Waals surface area contributed by atoms with Crippen molar-refractivity contribution < 1.29 is 19.5 Å². The molecule has 6 nitrogen and oxygen atoms in total. The molecule has 0 aromatic heterocycles. The Bertz CT molecular complexity index is 280. The Morgan fingerprint density at radius 3 is 2.75 bits per heavy atom. The third-order valence-corrected chi connectivity index (χ3v) is 2.61. The third-order valence-electron chi connectivity index (χ3n) is 2.61. The van der Waals surface area contributed by atoms with Gasteiger partial charge in [0.15, 0.2) is 0 Å². The van der Waals surface area contributed by atoms with Crippen LogP contribution in [0.25, 0.3) is 0 Å². The van der Waals surface area contributed by atoms with Gasteiger partial charge in [0.2, 0.25) is 5.91 Å². The van der Waals surface area contributed by atoms with Crippen LogP contribution in [0.15, 0.2) is 0 Å². The molecule has 90 valence electrons. The van der Waals surface area contributed by atoms with E-state index in [0.717, 1.165) is 6.29 Å². The van der Waals surface area contributed by atoms with Crippen LogP contribution in [0.5, 0.6) is 0 Å². The summed E-state index contributed by atoms with van der Waals surface area (Å²) in [5.74, 6) is -0.0327. The zero-order valence-electron chi connectivity index (χ0n) is 9.09. The van der Waals surface area contributed by atoms with Gasteiger partial charge in [-0.25, -0.2) is 4.79 Å². The van der Waals surface area contributed by atoms with Gasteiger partial charge in [0.25, 0.3) is 0 Å². The number of aldehydes is 1. The van der Waals surface area contributed by atoms with Gasteiger partial charge in [0.1, 0.15) is 6.29 Å². The molecule has 0 spiro atoms. The maximum absolute atomic E-state index is 11.6. The second-order valence-corrected chi connectivity index (χ2v) is 3.71. The summed E-state index contributed by atoms with van der Waals surface area (Å²) < 4.78 is 0. The molecule has 1 aliphatic heterocycles. The largest absolute Gasteiger partial charge is 0.465 e. The number of unbranched alkanes of at least 4 members (excludes halogenated alkanes) is 1. The van der Waals surface area contributed by atoms with E-state index in [9.17, 15) is 14.4 Å². The molecule has 0 aromatic rings. The lowest BCUT2D eigenvalue weighted by atomic mass is 10.3. The second-order valence-electron chi connectivity index (χ2n) is 3.71. The molecular formula is C10H16N2O4. The maximum Gasteiger partial charge on any atom is 0.407 e. The highest BCUT2D eigenvalue weighted by atomic mass is 16.4. The summed E-state index contributed by atoms with van der Waals surface area (Å²) >= 11 is 0. The Balaban J connectivity index is 2.44. The minimum atomic E-state index is -0.984. The fraction of sp³-hybridized carbons (Fsp3) is 0.700. The van der Waals surface area contributed by atoms with E-state index in [1.165, 1.54) is 4.90 Å². The molecular weight excluding hydrogens is 212 g/mol. The Morgan fingerprint density at radius 1 is 1.38 bits per heavy atom. The fourth-order valence-electron chi connectivity index (χ4n) is 1.66. The van der Waals surface area contributed by atoms with Gasteiger partial charge in [-0.2, -0.15) is 0 Å². The van der Waals surface area contributed by atoms with Gasteiger partial charge in [-0.15, -0.1) is 0 Å². The SMILES string of the molecule is O=CCCCN1CCN(C(=O)O)CCC1=O. The van der Waals surface area contributed by atoms with E-state index < -0.39 is 6.09 Å². The fourth-order valence-corrected chi connectivity index (χ4v) is 1.66. The summed E-state index contributed by atoms with van der Waals surface area (Å²) in [5, 5.41) is 8.80. The molecule has 1 fully saturated rings. The Kier molecular flexibility index (Phi) is 4.75. The van der Waals surface area contributed by atoms with Gasteiger partial charge >= 0.3 is 6.09 Å². The van der Waals surface area contributed by atoms with E-state index in [0.29, 0.717) is 32.5 Å². The molecule has 0 unspecified atom stereocenters. The van der Waals surface area contributed by atoms with Crippen LogP contribution in [0.1, 0.15) is 19.3 Å². The predicted octanol–water partition coefficient (Wildman–Crippen LogP) is 0.178. The lowest BCUT2D eigenvalue weighted by Crippen LogP contribution is -2.35. The molecule has 2 amide bonds. The second kappa shape index (κ2) is 6.09. The van der Waals surface area contributed by atoms with Gasteiger partial charge in [-0.05, 0) is 6.42 Å². The molecule has 0 radical (unpaired) electrons. The molecule has 1 saturated heterocycles. The lowest BCUT2D eigenvalue weighted by molar-refractivity contribution is -0.130. The molecule has 0 saturated carbocycles. The number of carbonyl (C=O) groups excluding carboxylic acids is 2. The van der Waals surface area contributed by atoms with Crippen LogP contribution in [0, 0.1) is 0 Å². The predicted molar refractivity (Wildman–Crippen MR) is 56.1 cm³/mol. The van der Waals surface area contributed by atoms with E-state index in [1.807, 2.05) is 0 Å². The molecule has 0 aromatic carbocycles. The number of nitrogens with zero attached hydrogens (tertiary/aromatic N) is 2. The zero-order valence-corrected chi connectivity index (χ0v) is 9.09. The molecule has 0 aliphatic carbocycles. The van der Waals surface area contributed by atoms with Crippen LogP contribution in [-0.2, 0) is 9.59 Å². The molecule has 1 heterocycles. The monoisotopic (exact) mass is 228 g/mol. The highest BCUT2D eigenvalue weighted by Crippen LogP contribution is 2.06. The quantitative estimate of drug-likeness (QED) is 0.550. The van der Waals surface area contributed by atoms with E-state index in [1.54, 1.807) is 4.90 Å². The van der Waals surface area contributed by atoms with Gasteiger partial charge in [-0.1, -0.05) is 0 Å². The summed E-state index contributed by atoms with van der Waals surface area (Å²) in [5.41, 5.74) is 0. The Hall–Kier alpha value is -1.59. The average molecular weight is 228 g/mol. The van der Waals surface area contributed by atoms with Crippen LogP contribution in [-0.4, -0.2) is 59.4 Å². The van der Waals surface area contributed by atoms with Gasteiger partial charge in [0, 0.05) is 39.0 Å². The molecule has 6 heteroatoms. The van der Waals surface area contributed by atoms with Crippen molar-refractivity contribution in [1.29, 1.82) is 0 Å². The summed E-state index contributed by atoms with van der Waals surface area (Å²) in [4.78, 5) is 35.4. The first-order valence-corrected chi connectivity index (χ1v) is 5.34. The zero-order chi connectivity index (χ0) is 12.0. The van der Waals surface area contributed by atoms with Crippen LogP contribution in [0.2, 0.25) is 0 Å². The molecule has 0 bridgehead atoms. The molecule has 1 aliphatic rings. The van der Waals surface area contributed by atoms with Crippen molar-refractivity contribution in [3.05, 3.63) is 0 Å². The van der Waals surface area contributed by atoms with Gasteiger partial charge < -0.3 is 19.7 Å².